The van der Waals surface area contributed by atoms with Crippen LogP contribution in [0.2, 0.25) is 0 Å². The Labute approximate surface area is 76.5 Å². The molecule has 1 aliphatic heterocycles. The average Bonchev–Trinajstić information content (AvgIpc) is 2.18. The van der Waals surface area contributed by atoms with Crippen LogP contribution in [0.4, 0.5) is 5.69 Å². The van der Waals surface area contributed by atoms with E-state index in [4.69, 9.17) is 0 Å². The fourth-order valence-corrected chi connectivity index (χ4v) is 1.35. The zero-order chi connectivity index (χ0) is 9.26. The molecule has 0 radical (unpaired) electrons. The molecule has 1 aliphatic rings. The fraction of sp³-hybridized carbons (Fsp3) is 0.100. The number of rotatable bonds is 1. The van der Waals surface area contributed by atoms with Crippen LogP contribution in [0.5, 0.6) is 0 Å². The monoisotopic (exact) mass is 174 g/mol. The molecule has 1 aromatic carbocycles. The molecule has 0 aliphatic carbocycles. The highest BCUT2D eigenvalue weighted by Gasteiger charge is 2.19. The van der Waals surface area contributed by atoms with Crippen LogP contribution in [0, 0.1) is 0 Å². The first kappa shape index (κ1) is 7.86. The van der Waals surface area contributed by atoms with Gasteiger partial charge in [-0.2, -0.15) is 0 Å². The number of amides is 1. The van der Waals surface area contributed by atoms with Crippen molar-refractivity contribution in [2.75, 3.05) is 5.32 Å². The van der Waals surface area contributed by atoms with Crippen molar-refractivity contribution in [2.45, 2.75) is 6.17 Å². The molecule has 0 saturated carbocycles. The van der Waals surface area contributed by atoms with E-state index in [0.29, 0.717) is 5.56 Å². The Morgan fingerprint density at radius 2 is 2.08 bits per heavy atom. The molecule has 2 N–H and O–H groups in total. The first-order chi connectivity index (χ1) is 6.31. The van der Waals surface area contributed by atoms with E-state index in [1.54, 1.807) is 12.1 Å². The van der Waals surface area contributed by atoms with Crippen molar-refractivity contribution in [3.8, 4) is 0 Å². The van der Waals surface area contributed by atoms with Gasteiger partial charge in [-0.15, -0.1) is 0 Å². The summed E-state index contributed by atoms with van der Waals surface area (Å²) >= 11 is 0. The first-order valence-electron chi connectivity index (χ1n) is 4.10. The lowest BCUT2D eigenvalue weighted by Gasteiger charge is -2.25. The third-order valence-corrected chi connectivity index (χ3v) is 2.00. The Hall–Kier alpha value is -1.77. The summed E-state index contributed by atoms with van der Waals surface area (Å²) in [4.78, 5) is 11.5. The lowest BCUT2D eigenvalue weighted by molar-refractivity contribution is 0.0943. The molecule has 0 spiro atoms. The average molecular weight is 174 g/mol. The highest BCUT2D eigenvalue weighted by atomic mass is 16.2. The molecular formula is C10H10N2O. The van der Waals surface area contributed by atoms with E-state index in [2.05, 4.69) is 17.2 Å². The second-order valence-electron chi connectivity index (χ2n) is 2.88. The maximum atomic E-state index is 11.5. The normalized spacial score (nSPS) is 19.7. The Bertz CT molecular complexity index is 360. The summed E-state index contributed by atoms with van der Waals surface area (Å²) in [5.41, 5.74) is 1.54. The van der Waals surface area contributed by atoms with E-state index in [1.807, 2.05) is 18.2 Å². The van der Waals surface area contributed by atoms with Crippen molar-refractivity contribution in [1.29, 1.82) is 0 Å². The standard InChI is InChI=1S/C10H10N2O/c1-2-9-11-8-6-4-3-5-7(8)10(13)12-9/h2-6,9,11H,1H2,(H,12,13). The molecule has 1 heterocycles. The van der Waals surface area contributed by atoms with Gasteiger partial charge in [-0.05, 0) is 18.2 Å². The number of benzene rings is 1. The smallest absolute Gasteiger partial charge is 0.255 e. The van der Waals surface area contributed by atoms with Crippen molar-refractivity contribution in [3.05, 3.63) is 42.5 Å². The van der Waals surface area contributed by atoms with E-state index in [-0.39, 0.29) is 12.1 Å². The number of anilines is 1. The van der Waals surface area contributed by atoms with Crippen LogP contribution in [0.3, 0.4) is 0 Å². The largest absolute Gasteiger partial charge is 0.361 e. The summed E-state index contributed by atoms with van der Waals surface area (Å²) < 4.78 is 0. The predicted molar refractivity (Wildman–Crippen MR) is 51.5 cm³/mol. The highest BCUT2D eigenvalue weighted by Crippen LogP contribution is 2.19. The van der Waals surface area contributed by atoms with E-state index < -0.39 is 0 Å². The van der Waals surface area contributed by atoms with Gasteiger partial charge < -0.3 is 10.6 Å². The molecule has 1 amide bonds. The minimum atomic E-state index is -0.164. The summed E-state index contributed by atoms with van der Waals surface area (Å²) in [6.45, 7) is 3.61. The molecular weight excluding hydrogens is 164 g/mol. The zero-order valence-electron chi connectivity index (χ0n) is 7.08. The minimum Gasteiger partial charge on any atom is -0.361 e. The molecule has 1 unspecified atom stereocenters. The molecule has 0 saturated heterocycles. The molecule has 1 aromatic rings. The Balaban J connectivity index is 2.42. The number of nitrogens with one attached hydrogen (secondary N) is 2. The summed E-state index contributed by atoms with van der Waals surface area (Å²) in [7, 11) is 0. The fourth-order valence-electron chi connectivity index (χ4n) is 1.35. The Morgan fingerprint density at radius 3 is 2.85 bits per heavy atom. The summed E-state index contributed by atoms with van der Waals surface area (Å²) in [6, 6.07) is 7.40. The molecule has 0 fully saturated rings. The maximum Gasteiger partial charge on any atom is 0.255 e. The summed E-state index contributed by atoms with van der Waals surface area (Å²) in [6.07, 6.45) is 1.50. The van der Waals surface area contributed by atoms with E-state index >= 15 is 0 Å². The van der Waals surface area contributed by atoms with Crippen LogP contribution in [0.25, 0.3) is 0 Å². The summed E-state index contributed by atoms with van der Waals surface area (Å²) in [5, 5.41) is 5.88. The quantitative estimate of drug-likeness (QED) is 0.631. The van der Waals surface area contributed by atoms with Gasteiger partial charge in [0.15, 0.2) is 0 Å². The highest BCUT2D eigenvalue weighted by molar-refractivity contribution is 6.01. The second kappa shape index (κ2) is 2.94. The minimum absolute atomic E-state index is 0.0562. The Morgan fingerprint density at radius 1 is 1.31 bits per heavy atom. The summed E-state index contributed by atoms with van der Waals surface area (Å²) in [5.74, 6) is -0.0562. The van der Waals surface area contributed by atoms with Crippen molar-refractivity contribution in [1.82, 2.24) is 5.32 Å². The van der Waals surface area contributed by atoms with Crippen LogP contribution in [-0.4, -0.2) is 12.1 Å². The van der Waals surface area contributed by atoms with Gasteiger partial charge in [0.1, 0.15) is 6.17 Å². The number of hydrogen-bond donors (Lipinski definition) is 2. The van der Waals surface area contributed by atoms with Crippen molar-refractivity contribution >= 4 is 11.6 Å². The third-order valence-electron chi connectivity index (χ3n) is 2.00. The predicted octanol–water partition coefficient (Wildman–Crippen LogP) is 1.35. The Kier molecular flexibility index (Phi) is 1.77. The van der Waals surface area contributed by atoms with E-state index in [9.17, 15) is 4.79 Å². The molecule has 0 aromatic heterocycles. The number of para-hydroxylation sites is 1. The van der Waals surface area contributed by atoms with Gasteiger partial charge in [0, 0.05) is 5.69 Å². The van der Waals surface area contributed by atoms with Crippen LogP contribution in [-0.2, 0) is 0 Å². The first-order valence-corrected chi connectivity index (χ1v) is 4.10. The van der Waals surface area contributed by atoms with Crippen molar-refractivity contribution in [2.24, 2.45) is 0 Å². The van der Waals surface area contributed by atoms with Crippen molar-refractivity contribution < 1.29 is 4.79 Å². The van der Waals surface area contributed by atoms with E-state index in [1.165, 1.54) is 0 Å². The SMILES string of the molecule is C=CC1NC(=O)c2ccccc2N1. The van der Waals surface area contributed by atoms with Gasteiger partial charge in [0.2, 0.25) is 0 Å². The zero-order valence-corrected chi connectivity index (χ0v) is 7.08. The molecule has 3 nitrogen and oxygen atoms in total. The number of carbonyl (C=O) groups excluding carboxylic acids is 1. The number of hydrogen-bond acceptors (Lipinski definition) is 2. The number of fused-ring (bicyclic) bond motifs is 1. The van der Waals surface area contributed by atoms with Crippen LogP contribution in [0.1, 0.15) is 10.4 Å². The maximum absolute atomic E-state index is 11.5. The van der Waals surface area contributed by atoms with Gasteiger partial charge in [-0.3, -0.25) is 4.79 Å². The molecule has 3 heteroatoms. The van der Waals surface area contributed by atoms with Crippen LogP contribution >= 0.6 is 0 Å². The topological polar surface area (TPSA) is 41.1 Å². The third kappa shape index (κ3) is 1.28. The van der Waals surface area contributed by atoms with Gasteiger partial charge in [-0.1, -0.05) is 18.7 Å². The molecule has 0 bridgehead atoms. The molecule has 13 heavy (non-hydrogen) atoms. The molecule has 1 atom stereocenters. The van der Waals surface area contributed by atoms with Crippen LogP contribution in [0.15, 0.2) is 36.9 Å². The van der Waals surface area contributed by atoms with E-state index in [0.717, 1.165) is 5.69 Å². The van der Waals surface area contributed by atoms with Gasteiger partial charge in [0.25, 0.3) is 5.91 Å². The van der Waals surface area contributed by atoms with Crippen molar-refractivity contribution in [3.63, 3.8) is 0 Å². The van der Waals surface area contributed by atoms with Gasteiger partial charge >= 0.3 is 0 Å². The molecule has 2 rings (SSSR count). The van der Waals surface area contributed by atoms with Crippen LogP contribution < -0.4 is 10.6 Å². The number of carbonyl (C=O) groups is 1. The van der Waals surface area contributed by atoms with Gasteiger partial charge in [-0.25, -0.2) is 0 Å². The second-order valence-corrected chi connectivity index (χ2v) is 2.88. The lowest BCUT2D eigenvalue weighted by Crippen LogP contribution is -2.43. The van der Waals surface area contributed by atoms with Gasteiger partial charge in [0.05, 0.1) is 5.56 Å². The molecule has 66 valence electrons. The lowest BCUT2D eigenvalue weighted by atomic mass is 10.1.